The molecule has 0 saturated carbocycles. The van der Waals surface area contributed by atoms with E-state index in [1.54, 1.807) is 6.07 Å². The zero-order valence-electron chi connectivity index (χ0n) is 13.3. The van der Waals surface area contributed by atoms with Crippen LogP contribution in [0.25, 0.3) is 0 Å². The summed E-state index contributed by atoms with van der Waals surface area (Å²) < 4.78 is 0. The number of likely N-dealkylation sites (tertiary alicyclic amines) is 1. The Morgan fingerprint density at radius 2 is 1.96 bits per heavy atom. The van der Waals surface area contributed by atoms with Gasteiger partial charge in [-0.25, -0.2) is 0 Å². The van der Waals surface area contributed by atoms with Crippen LogP contribution in [0.15, 0.2) is 48.5 Å². The van der Waals surface area contributed by atoms with Crippen LogP contribution in [0.3, 0.4) is 0 Å². The van der Waals surface area contributed by atoms with Crippen molar-refractivity contribution in [3.8, 4) is 5.75 Å². The fourth-order valence-corrected chi connectivity index (χ4v) is 4.64. The SMILES string of the molecule is OCCN1CCC2(c3ccccc3)CC1Cc1ccc(O)cc12. The lowest BCUT2D eigenvalue weighted by molar-refractivity contribution is 0.0770. The standard InChI is InChI=1S/C20H23NO2/c22-11-10-21-9-8-20(16-4-2-1-3-5-16)14-17(21)12-15-6-7-18(23)13-19(15)20/h1-7,13,17,22-23H,8-12,14H2. The van der Waals surface area contributed by atoms with Crippen LogP contribution in [0, 0.1) is 0 Å². The third kappa shape index (κ3) is 2.35. The molecule has 0 radical (unpaired) electrons. The van der Waals surface area contributed by atoms with Crippen molar-refractivity contribution in [2.75, 3.05) is 19.7 Å². The molecule has 23 heavy (non-hydrogen) atoms. The molecule has 0 amide bonds. The summed E-state index contributed by atoms with van der Waals surface area (Å²) in [5.74, 6) is 0.357. The highest BCUT2D eigenvalue weighted by Crippen LogP contribution is 2.49. The summed E-state index contributed by atoms with van der Waals surface area (Å²) >= 11 is 0. The number of fused-ring (bicyclic) bond motifs is 4. The molecular weight excluding hydrogens is 286 g/mol. The Labute approximate surface area is 137 Å². The van der Waals surface area contributed by atoms with Crippen LogP contribution >= 0.6 is 0 Å². The second kappa shape index (κ2) is 5.66. The van der Waals surface area contributed by atoms with Crippen LogP contribution in [0.2, 0.25) is 0 Å². The molecule has 120 valence electrons. The first kappa shape index (κ1) is 14.7. The number of phenolic OH excluding ortho intramolecular Hbond substituents is 1. The van der Waals surface area contributed by atoms with Gasteiger partial charge in [0, 0.05) is 18.0 Å². The number of benzene rings is 2. The van der Waals surface area contributed by atoms with Crippen molar-refractivity contribution in [2.45, 2.75) is 30.7 Å². The number of hydrogen-bond acceptors (Lipinski definition) is 3. The molecule has 1 heterocycles. The summed E-state index contributed by atoms with van der Waals surface area (Å²) in [6, 6.07) is 17.0. The predicted molar refractivity (Wildman–Crippen MR) is 90.7 cm³/mol. The fourth-order valence-electron chi connectivity index (χ4n) is 4.64. The molecular formula is C20H23NO2. The van der Waals surface area contributed by atoms with Gasteiger partial charge in [0.2, 0.25) is 0 Å². The van der Waals surface area contributed by atoms with Crippen LogP contribution in [0.4, 0.5) is 0 Å². The zero-order chi connectivity index (χ0) is 15.9. The Hall–Kier alpha value is -1.84. The predicted octanol–water partition coefficient (Wildman–Crippen LogP) is 2.69. The molecule has 1 aliphatic heterocycles. The second-order valence-corrected chi connectivity index (χ2v) is 6.86. The van der Waals surface area contributed by atoms with E-state index in [-0.39, 0.29) is 12.0 Å². The highest BCUT2D eigenvalue weighted by Gasteiger charge is 2.46. The van der Waals surface area contributed by atoms with Crippen LogP contribution in [0.1, 0.15) is 29.5 Å². The summed E-state index contributed by atoms with van der Waals surface area (Å²) in [4.78, 5) is 2.43. The molecule has 2 atom stereocenters. The number of rotatable bonds is 3. The Kier molecular flexibility index (Phi) is 3.63. The van der Waals surface area contributed by atoms with Gasteiger partial charge in [0.25, 0.3) is 0 Å². The molecule has 2 aliphatic rings. The molecule has 3 nitrogen and oxygen atoms in total. The first-order chi connectivity index (χ1) is 11.2. The van der Waals surface area contributed by atoms with Gasteiger partial charge >= 0.3 is 0 Å². The number of aliphatic hydroxyl groups is 1. The van der Waals surface area contributed by atoms with E-state index in [9.17, 15) is 10.2 Å². The number of aromatic hydroxyl groups is 1. The molecule has 1 fully saturated rings. The minimum Gasteiger partial charge on any atom is -0.508 e. The molecule has 3 heteroatoms. The summed E-state index contributed by atoms with van der Waals surface area (Å²) in [7, 11) is 0. The molecule has 2 N–H and O–H groups in total. The third-order valence-electron chi connectivity index (χ3n) is 5.70. The van der Waals surface area contributed by atoms with Gasteiger partial charge in [0.1, 0.15) is 5.75 Å². The second-order valence-electron chi connectivity index (χ2n) is 6.86. The highest BCUT2D eigenvalue weighted by atomic mass is 16.3. The summed E-state index contributed by atoms with van der Waals surface area (Å²) in [5, 5.41) is 19.4. The van der Waals surface area contributed by atoms with E-state index < -0.39 is 0 Å². The minimum atomic E-state index is -0.00972. The first-order valence-electron chi connectivity index (χ1n) is 8.46. The normalized spacial score (nSPS) is 26.7. The Morgan fingerprint density at radius 1 is 1.13 bits per heavy atom. The van der Waals surface area contributed by atoms with Crippen molar-refractivity contribution in [2.24, 2.45) is 0 Å². The molecule has 2 unspecified atom stereocenters. The van der Waals surface area contributed by atoms with Crippen molar-refractivity contribution in [1.82, 2.24) is 4.90 Å². The average Bonchev–Trinajstić information content (AvgIpc) is 2.59. The Balaban J connectivity index is 1.85. The number of hydrogen-bond donors (Lipinski definition) is 2. The van der Waals surface area contributed by atoms with Gasteiger partial charge in [0.05, 0.1) is 6.61 Å². The third-order valence-corrected chi connectivity index (χ3v) is 5.70. The smallest absolute Gasteiger partial charge is 0.115 e. The quantitative estimate of drug-likeness (QED) is 0.916. The van der Waals surface area contributed by atoms with Crippen molar-refractivity contribution < 1.29 is 10.2 Å². The minimum absolute atomic E-state index is 0.00972. The fraction of sp³-hybridized carbons (Fsp3) is 0.400. The number of piperidine rings is 1. The molecule has 2 bridgehead atoms. The molecule has 1 saturated heterocycles. The maximum atomic E-state index is 10.0. The van der Waals surface area contributed by atoms with Crippen LogP contribution in [-0.2, 0) is 11.8 Å². The van der Waals surface area contributed by atoms with Gasteiger partial charge in [-0.2, -0.15) is 0 Å². The van der Waals surface area contributed by atoms with Crippen LogP contribution < -0.4 is 0 Å². The Morgan fingerprint density at radius 3 is 2.74 bits per heavy atom. The molecule has 2 aromatic rings. The Bertz CT molecular complexity index is 700. The van der Waals surface area contributed by atoms with E-state index in [0.717, 1.165) is 32.4 Å². The molecule has 1 aliphatic carbocycles. The number of aliphatic hydroxyl groups excluding tert-OH is 1. The maximum absolute atomic E-state index is 10.0. The molecule has 2 aromatic carbocycles. The summed E-state index contributed by atoms with van der Waals surface area (Å²) in [6.07, 6.45) is 3.10. The van der Waals surface area contributed by atoms with E-state index in [4.69, 9.17) is 0 Å². The summed E-state index contributed by atoms with van der Waals surface area (Å²) in [5.41, 5.74) is 3.97. The van der Waals surface area contributed by atoms with E-state index in [1.807, 2.05) is 6.07 Å². The van der Waals surface area contributed by atoms with E-state index in [2.05, 4.69) is 41.3 Å². The summed E-state index contributed by atoms with van der Waals surface area (Å²) in [6.45, 7) is 1.97. The van der Waals surface area contributed by atoms with Gasteiger partial charge in [0.15, 0.2) is 0 Å². The van der Waals surface area contributed by atoms with Crippen LogP contribution in [0.5, 0.6) is 5.75 Å². The number of nitrogens with zero attached hydrogens (tertiary/aromatic N) is 1. The lowest BCUT2D eigenvalue weighted by Gasteiger charge is -2.51. The average molecular weight is 309 g/mol. The monoisotopic (exact) mass is 309 g/mol. The number of phenols is 1. The van der Waals surface area contributed by atoms with Crippen molar-refractivity contribution in [1.29, 1.82) is 0 Å². The van der Waals surface area contributed by atoms with Crippen molar-refractivity contribution in [3.63, 3.8) is 0 Å². The van der Waals surface area contributed by atoms with Crippen molar-refractivity contribution in [3.05, 3.63) is 65.2 Å². The van der Waals surface area contributed by atoms with Gasteiger partial charge in [-0.15, -0.1) is 0 Å². The van der Waals surface area contributed by atoms with Gasteiger partial charge in [-0.1, -0.05) is 36.4 Å². The van der Waals surface area contributed by atoms with Crippen molar-refractivity contribution >= 4 is 0 Å². The first-order valence-corrected chi connectivity index (χ1v) is 8.46. The topological polar surface area (TPSA) is 43.7 Å². The van der Waals surface area contributed by atoms with Gasteiger partial charge in [-0.05, 0) is 54.6 Å². The molecule has 0 aromatic heterocycles. The van der Waals surface area contributed by atoms with Crippen LogP contribution in [-0.4, -0.2) is 40.9 Å². The van der Waals surface area contributed by atoms with E-state index in [0.29, 0.717) is 11.8 Å². The van der Waals surface area contributed by atoms with Gasteiger partial charge < -0.3 is 10.2 Å². The molecule has 0 spiro atoms. The highest BCUT2D eigenvalue weighted by molar-refractivity contribution is 5.50. The van der Waals surface area contributed by atoms with E-state index in [1.165, 1.54) is 16.7 Å². The zero-order valence-corrected chi connectivity index (χ0v) is 13.3. The largest absolute Gasteiger partial charge is 0.508 e. The maximum Gasteiger partial charge on any atom is 0.115 e. The number of β-amino-alcohol motifs (C(OH)–C–C–N with tert-alkyl or cyclic N) is 1. The van der Waals surface area contributed by atoms with Gasteiger partial charge in [-0.3, -0.25) is 4.90 Å². The lowest BCUT2D eigenvalue weighted by atomic mass is 9.60. The molecule has 4 rings (SSSR count). The van der Waals surface area contributed by atoms with E-state index >= 15 is 0 Å². The lowest BCUT2D eigenvalue weighted by Crippen LogP contribution is -2.54.